The van der Waals surface area contributed by atoms with Gasteiger partial charge in [0.15, 0.2) is 0 Å². The summed E-state index contributed by atoms with van der Waals surface area (Å²) in [5.74, 6) is 1.97. The van der Waals surface area contributed by atoms with Crippen molar-refractivity contribution in [3.05, 3.63) is 89.5 Å². The lowest BCUT2D eigenvalue weighted by atomic mass is 9.96. The Hall–Kier alpha value is -2.78. The van der Waals surface area contributed by atoms with E-state index < -0.39 is 6.10 Å². The number of rotatable bonds is 3. The average Bonchev–Trinajstić information content (AvgIpc) is 2.62. The van der Waals surface area contributed by atoms with Gasteiger partial charge in [-0.15, -0.1) is 0 Å². The molecule has 0 amide bonds. The fraction of sp³-hybridized carbons (Fsp3) is 0.143. The van der Waals surface area contributed by atoms with Gasteiger partial charge in [-0.3, -0.25) is 0 Å². The highest BCUT2D eigenvalue weighted by Crippen LogP contribution is 2.47. The highest BCUT2D eigenvalue weighted by Gasteiger charge is 2.29. The van der Waals surface area contributed by atoms with Crippen LogP contribution in [0.3, 0.4) is 0 Å². The summed E-state index contributed by atoms with van der Waals surface area (Å²) in [6.07, 6.45) is -0.883. The Bertz CT molecular complexity index is 858. The molecule has 0 saturated carbocycles. The monoisotopic (exact) mass is 318 g/mol. The quantitative estimate of drug-likeness (QED) is 0.737. The molecule has 0 aromatic heterocycles. The number of hydrogen-bond acceptors (Lipinski definition) is 3. The minimum atomic E-state index is -0.760. The summed E-state index contributed by atoms with van der Waals surface area (Å²) in [4.78, 5) is 0. The molecule has 0 bridgehead atoms. The topological polar surface area (TPSA) is 38.7 Å². The fourth-order valence-corrected chi connectivity index (χ4v) is 3.04. The molecule has 0 fully saturated rings. The van der Waals surface area contributed by atoms with Crippen molar-refractivity contribution in [2.24, 2.45) is 0 Å². The molecule has 1 heterocycles. The van der Waals surface area contributed by atoms with Gasteiger partial charge in [-0.1, -0.05) is 54.6 Å². The third kappa shape index (κ3) is 2.53. The first-order chi connectivity index (χ1) is 11.7. The molecule has 1 unspecified atom stereocenters. The SMILES string of the molecule is C[C@H](Oc1cccc2c1C(O)c1ccccc1O2)c1ccccc1. The van der Waals surface area contributed by atoms with E-state index in [9.17, 15) is 5.11 Å². The summed E-state index contributed by atoms with van der Waals surface area (Å²) in [6.45, 7) is 2.00. The number of para-hydroxylation sites is 1. The molecule has 0 spiro atoms. The molecule has 0 saturated heterocycles. The van der Waals surface area contributed by atoms with Crippen LogP contribution in [0.15, 0.2) is 72.8 Å². The van der Waals surface area contributed by atoms with Crippen molar-refractivity contribution in [1.29, 1.82) is 0 Å². The first kappa shape index (κ1) is 14.8. The van der Waals surface area contributed by atoms with Crippen molar-refractivity contribution < 1.29 is 14.6 Å². The Morgan fingerprint density at radius 2 is 1.58 bits per heavy atom. The van der Waals surface area contributed by atoms with E-state index >= 15 is 0 Å². The van der Waals surface area contributed by atoms with Gasteiger partial charge in [0.25, 0.3) is 0 Å². The molecule has 24 heavy (non-hydrogen) atoms. The molecule has 0 aliphatic carbocycles. The number of aliphatic hydroxyl groups excluding tert-OH is 1. The zero-order valence-corrected chi connectivity index (χ0v) is 13.3. The van der Waals surface area contributed by atoms with Crippen molar-refractivity contribution in [3.63, 3.8) is 0 Å². The van der Waals surface area contributed by atoms with Crippen molar-refractivity contribution in [2.45, 2.75) is 19.1 Å². The minimum Gasteiger partial charge on any atom is -0.485 e. The second-order valence-electron chi connectivity index (χ2n) is 5.88. The second-order valence-corrected chi connectivity index (χ2v) is 5.88. The van der Waals surface area contributed by atoms with E-state index in [1.54, 1.807) is 0 Å². The van der Waals surface area contributed by atoms with Crippen LogP contribution in [0.2, 0.25) is 0 Å². The van der Waals surface area contributed by atoms with Gasteiger partial charge in [-0.25, -0.2) is 0 Å². The van der Waals surface area contributed by atoms with Crippen LogP contribution in [-0.4, -0.2) is 5.11 Å². The average molecular weight is 318 g/mol. The Morgan fingerprint density at radius 3 is 2.42 bits per heavy atom. The maximum absolute atomic E-state index is 10.8. The van der Waals surface area contributed by atoms with E-state index in [-0.39, 0.29) is 6.10 Å². The lowest BCUT2D eigenvalue weighted by Gasteiger charge is -2.27. The molecule has 0 radical (unpaired) electrons. The third-order valence-electron chi connectivity index (χ3n) is 4.31. The van der Waals surface area contributed by atoms with Crippen LogP contribution in [0, 0.1) is 0 Å². The fourth-order valence-electron chi connectivity index (χ4n) is 3.04. The van der Waals surface area contributed by atoms with Gasteiger partial charge >= 0.3 is 0 Å². The molecule has 2 atom stereocenters. The molecule has 4 rings (SSSR count). The van der Waals surface area contributed by atoms with Crippen LogP contribution < -0.4 is 9.47 Å². The van der Waals surface area contributed by atoms with Crippen LogP contribution in [0.25, 0.3) is 0 Å². The molecule has 3 heteroatoms. The van der Waals surface area contributed by atoms with Gasteiger partial charge in [0, 0.05) is 5.56 Å². The van der Waals surface area contributed by atoms with Crippen LogP contribution in [0.1, 0.15) is 35.8 Å². The smallest absolute Gasteiger partial charge is 0.137 e. The predicted octanol–water partition coefficient (Wildman–Crippen LogP) is 5.01. The Labute approximate surface area is 141 Å². The van der Waals surface area contributed by atoms with Crippen LogP contribution in [-0.2, 0) is 0 Å². The summed E-state index contributed by atoms with van der Waals surface area (Å²) in [7, 11) is 0. The summed E-state index contributed by atoms with van der Waals surface area (Å²) in [5.41, 5.74) is 2.52. The molecule has 120 valence electrons. The van der Waals surface area contributed by atoms with E-state index in [1.807, 2.05) is 79.7 Å². The largest absolute Gasteiger partial charge is 0.485 e. The minimum absolute atomic E-state index is 0.123. The van der Waals surface area contributed by atoms with Crippen LogP contribution >= 0.6 is 0 Å². The summed E-state index contributed by atoms with van der Waals surface area (Å²) in [5, 5.41) is 10.8. The maximum Gasteiger partial charge on any atom is 0.137 e. The zero-order valence-electron chi connectivity index (χ0n) is 13.3. The number of benzene rings is 3. The lowest BCUT2D eigenvalue weighted by Crippen LogP contribution is -2.13. The van der Waals surface area contributed by atoms with E-state index in [0.29, 0.717) is 22.8 Å². The molecule has 3 aromatic carbocycles. The second kappa shape index (κ2) is 6.02. The predicted molar refractivity (Wildman–Crippen MR) is 92.5 cm³/mol. The highest BCUT2D eigenvalue weighted by molar-refractivity contribution is 5.57. The van der Waals surface area contributed by atoms with Crippen molar-refractivity contribution in [1.82, 2.24) is 0 Å². The Kier molecular flexibility index (Phi) is 3.71. The van der Waals surface area contributed by atoms with Crippen LogP contribution in [0.5, 0.6) is 17.2 Å². The first-order valence-corrected chi connectivity index (χ1v) is 8.03. The molecule has 3 aromatic rings. The molecular weight excluding hydrogens is 300 g/mol. The van der Waals surface area contributed by atoms with Gasteiger partial charge in [-0.05, 0) is 30.7 Å². The van der Waals surface area contributed by atoms with Gasteiger partial charge in [0.1, 0.15) is 29.5 Å². The van der Waals surface area contributed by atoms with E-state index in [1.165, 1.54) is 0 Å². The van der Waals surface area contributed by atoms with E-state index in [2.05, 4.69) is 0 Å². The molecule has 1 N–H and O–H groups in total. The van der Waals surface area contributed by atoms with Crippen molar-refractivity contribution in [3.8, 4) is 17.2 Å². The summed E-state index contributed by atoms with van der Waals surface area (Å²) in [6, 6.07) is 23.2. The number of ether oxygens (including phenoxy) is 2. The normalized spacial score (nSPS) is 16.5. The molecule has 1 aliphatic heterocycles. The molecule has 1 aliphatic rings. The molecular formula is C21H18O3. The maximum atomic E-state index is 10.8. The van der Waals surface area contributed by atoms with E-state index in [0.717, 1.165) is 11.1 Å². The number of fused-ring (bicyclic) bond motifs is 2. The Morgan fingerprint density at radius 1 is 0.875 bits per heavy atom. The number of hydrogen-bond donors (Lipinski definition) is 1. The van der Waals surface area contributed by atoms with E-state index in [4.69, 9.17) is 9.47 Å². The van der Waals surface area contributed by atoms with Crippen LogP contribution in [0.4, 0.5) is 0 Å². The highest BCUT2D eigenvalue weighted by atomic mass is 16.5. The number of aliphatic hydroxyl groups is 1. The zero-order chi connectivity index (χ0) is 16.5. The Balaban J connectivity index is 1.70. The van der Waals surface area contributed by atoms with Gasteiger partial charge in [0.2, 0.25) is 0 Å². The molecule has 3 nitrogen and oxygen atoms in total. The van der Waals surface area contributed by atoms with Gasteiger partial charge < -0.3 is 14.6 Å². The first-order valence-electron chi connectivity index (χ1n) is 8.03. The lowest BCUT2D eigenvalue weighted by molar-refractivity contribution is 0.179. The van der Waals surface area contributed by atoms with Gasteiger partial charge in [0.05, 0.1) is 5.56 Å². The summed E-state index contributed by atoms with van der Waals surface area (Å²) < 4.78 is 12.1. The van der Waals surface area contributed by atoms with Crippen molar-refractivity contribution >= 4 is 0 Å². The van der Waals surface area contributed by atoms with Crippen molar-refractivity contribution in [2.75, 3.05) is 0 Å². The third-order valence-corrected chi connectivity index (χ3v) is 4.31. The standard InChI is InChI=1S/C21H18O3/c1-14(15-8-3-2-4-9-15)23-18-12-7-13-19-20(18)21(22)16-10-5-6-11-17(16)24-19/h2-14,21-22H,1H3/t14-,21?/m0/s1. The summed E-state index contributed by atoms with van der Waals surface area (Å²) >= 11 is 0. The van der Waals surface area contributed by atoms with Gasteiger partial charge in [-0.2, -0.15) is 0 Å².